The van der Waals surface area contributed by atoms with Crippen LogP contribution in [-0.2, 0) is 4.79 Å². The quantitative estimate of drug-likeness (QED) is 0.700. The topological polar surface area (TPSA) is 66.9 Å². The number of carbonyl (C=O) groups excluding carboxylic acids is 3. The number of urea groups is 1. The molecule has 0 aromatic heterocycles. The number of hydrogen-bond acceptors (Lipinski definition) is 4. The first-order valence-corrected chi connectivity index (χ1v) is 11.1. The van der Waals surface area contributed by atoms with Crippen molar-refractivity contribution in [3.05, 3.63) is 29.8 Å². The van der Waals surface area contributed by atoms with Crippen LogP contribution in [0.15, 0.2) is 24.3 Å². The molecule has 2 aliphatic heterocycles. The van der Waals surface area contributed by atoms with Crippen LogP contribution < -0.4 is 4.74 Å². The summed E-state index contributed by atoms with van der Waals surface area (Å²) in [4.78, 5) is 43.6. The highest BCUT2D eigenvalue weighted by molar-refractivity contribution is 6.12. The van der Waals surface area contributed by atoms with Crippen molar-refractivity contribution in [2.75, 3.05) is 0 Å². The van der Waals surface area contributed by atoms with Gasteiger partial charge in [-0.05, 0) is 37.8 Å². The Balaban J connectivity index is 1.58. The molecule has 1 aromatic rings. The number of Topliss-reactive ketones (excluding diaryl/α,β-unsaturated/α-hetero) is 1. The Hall–Kier alpha value is -2.37. The maximum Gasteiger partial charge on any atom is 0.330 e. The molecule has 2 heterocycles. The number of ether oxygens (including phenoxy) is 1. The highest BCUT2D eigenvalue weighted by Gasteiger charge is 2.65. The first-order valence-electron chi connectivity index (χ1n) is 11.1. The predicted molar refractivity (Wildman–Crippen MR) is 107 cm³/mol. The molecule has 2 saturated carbocycles. The fourth-order valence-corrected chi connectivity index (χ4v) is 5.67. The average molecular weight is 396 g/mol. The summed E-state index contributed by atoms with van der Waals surface area (Å²) in [5.41, 5.74) is -1.01. The fourth-order valence-electron chi connectivity index (χ4n) is 5.67. The van der Waals surface area contributed by atoms with E-state index in [1.165, 1.54) is 4.90 Å². The van der Waals surface area contributed by atoms with Crippen molar-refractivity contribution in [1.29, 1.82) is 0 Å². The maximum absolute atomic E-state index is 13.8. The minimum Gasteiger partial charge on any atom is -0.457 e. The Labute approximate surface area is 171 Å². The molecule has 4 aliphatic rings. The van der Waals surface area contributed by atoms with E-state index >= 15 is 0 Å². The van der Waals surface area contributed by atoms with Crippen LogP contribution in [0.1, 0.15) is 81.0 Å². The van der Waals surface area contributed by atoms with Crippen LogP contribution in [0.4, 0.5) is 4.79 Å². The molecule has 6 heteroatoms. The minimum atomic E-state index is -1.51. The third kappa shape index (κ3) is 2.87. The zero-order valence-corrected chi connectivity index (χ0v) is 16.8. The Morgan fingerprint density at radius 2 is 1.45 bits per heavy atom. The van der Waals surface area contributed by atoms with Crippen molar-refractivity contribution < 1.29 is 19.1 Å². The highest BCUT2D eigenvalue weighted by Crippen LogP contribution is 2.45. The first-order chi connectivity index (χ1) is 14.1. The van der Waals surface area contributed by atoms with Crippen molar-refractivity contribution >= 4 is 17.7 Å². The van der Waals surface area contributed by atoms with Gasteiger partial charge < -0.3 is 4.74 Å². The Bertz CT molecular complexity index is 841. The monoisotopic (exact) mass is 396 g/mol. The second-order valence-electron chi connectivity index (χ2n) is 8.89. The smallest absolute Gasteiger partial charge is 0.330 e. The van der Waals surface area contributed by atoms with Gasteiger partial charge in [0.1, 0.15) is 5.75 Å². The highest BCUT2D eigenvalue weighted by atomic mass is 16.5. The molecule has 3 fully saturated rings. The fraction of sp³-hybridized carbons (Fsp3) is 0.609. The molecule has 0 radical (unpaired) electrons. The average Bonchev–Trinajstić information content (AvgIpc) is 2.95. The van der Waals surface area contributed by atoms with Crippen LogP contribution in [-0.4, -0.2) is 45.3 Å². The molecule has 0 N–H and O–H groups in total. The van der Waals surface area contributed by atoms with Gasteiger partial charge in [0.05, 0.1) is 12.0 Å². The number of nitrogens with zero attached hydrogens (tertiary/aromatic N) is 2. The van der Waals surface area contributed by atoms with E-state index in [0.717, 1.165) is 64.2 Å². The molecule has 1 unspecified atom stereocenters. The Kier molecular flexibility index (Phi) is 4.60. The lowest BCUT2D eigenvalue weighted by Crippen LogP contribution is -2.60. The standard InChI is InChI=1S/C23H28N2O4/c26-19-15-23(29-20-14-8-7-13-18(19)20)21(27)24(16-9-3-1-4-10-16)22(28)25(23)17-11-5-2-6-12-17/h7-8,13-14,16-17H,1-6,9-12,15H2. The third-order valence-corrected chi connectivity index (χ3v) is 7.10. The lowest BCUT2D eigenvalue weighted by molar-refractivity contribution is -0.153. The third-order valence-electron chi connectivity index (χ3n) is 7.10. The van der Waals surface area contributed by atoms with Gasteiger partial charge in [-0.2, -0.15) is 0 Å². The van der Waals surface area contributed by atoms with Crippen molar-refractivity contribution in [2.24, 2.45) is 0 Å². The molecule has 154 valence electrons. The summed E-state index contributed by atoms with van der Waals surface area (Å²) in [5, 5.41) is 0. The van der Waals surface area contributed by atoms with E-state index in [1.807, 2.05) is 0 Å². The van der Waals surface area contributed by atoms with E-state index in [2.05, 4.69) is 0 Å². The number of ketones is 1. The van der Waals surface area contributed by atoms with E-state index < -0.39 is 5.72 Å². The molecule has 1 saturated heterocycles. The van der Waals surface area contributed by atoms with Crippen LogP contribution in [0.5, 0.6) is 5.75 Å². The number of benzene rings is 1. The number of para-hydroxylation sites is 1. The second-order valence-corrected chi connectivity index (χ2v) is 8.89. The van der Waals surface area contributed by atoms with Crippen molar-refractivity contribution in [3.63, 3.8) is 0 Å². The van der Waals surface area contributed by atoms with E-state index in [4.69, 9.17) is 4.74 Å². The van der Waals surface area contributed by atoms with Crippen molar-refractivity contribution in [3.8, 4) is 5.75 Å². The van der Waals surface area contributed by atoms with Gasteiger partial charge in [-0.15, -0.1) is 0 Å². The molecular weight excluding hydrogens is 368 g/mol. The molecule has 3 amide bonds. The number of fused-ring (bicyclic) bond motifs is 1. The van der Waals surface area contributed by atoms with Crippen LogP contribution in [0.3, 0.4) is 0 Å². The number of imide groups is 1. The lowest BCUT2D eigenvalue weighted by Gasteiger charge is -2.43. The van der Waals surface area contributed by atoms with Crippen molar-refractivity contribution in [2.45, 2.75) is 88.4 Å². The van der Waals surface area contributed by atoms with Crippen LogP contribution in [0.2, 0.25) is 0 Å². The van der Waals surface area contributed by atoms with Crippen LogP contribution in [0, 0.1) is 0 Å². The Morgan fingerprint density at radius 1 is 0.828 bits per heavy atom. The largest absolute Gasteiger partial charge is 0.457 e. The zero-order chi connectivity index (χ0) is 20.0. The SMILES string of the molecule is O=C1CC2(Oc3ccccc31)C(=O)N(C1CCCCC1)C(=O)N2C1CCCCC1. The number of carbonyl (C=O) groups is 3. The summed E-state index contributed by atoms with van der Waals surface area (Å²) in [7, 11) is 0. The van der Waals surface area contributed by atoms with Gasteiger partial charge in [-0.1, -0.05) is 50.7 Å². The van der Waals surface area contributed by atoms with E-state index in [9.17, 15) is 14.4 Å². The molecule has 5 rings (SSSR count). The summed E-state index contributed by atoms with van der Waals surface area (Å²) in [5.74, 6) is -0.0432. The molecular formula is C23H28N2O4. The molecule has 1 atom stereocenters. The first kappa shape index (κ1) is 18.6. The van der Waals surface area contributed by atoms with E-state index in [1.54, 1.807) is 29.2 Å². The summed E-state index contributed by atoms with van der Waals surface area (Å²) in [6.07, 6.45) is 9.74. The zero-order valence-electron chi connectivity index (χ0n) is 16.8. The summed E-state index contributed by atoms with van der Waals surface area (Å²) in [6, 6.07) is 6.69. The van der Waals surface area contributed by atoms with Gasteiger partial charge in [0, 0.05) is 12.1 Å². The molecule has 6 nitrogen and oxygen atoms in total. The summed E-state index contributed by atoms with van der Waals surface area (Å²) >= 11 is 0. The minimum absolute atomic E-state index is 0.0492. The normalized spacial score (nSPS) is 28.8. The number of hydrogen-bond donors (Lipinski definition) is 0. The van der Waals surface area contributed by atoms with Crippen molar-refractivity contribution in [1.82, 2.24) is 9.80 Å². The summed E-state index contributed by atoms with van der Waals surface area (Å²) in [6.45, 7) is 0. The van der Waals surface area contributed by atoms with Gasteiger partial charge >= 0.3 is 6.03 Å². The molecule has 29 heavy (non-hydrogen) atoms. The van der Waals surface area contributed by atoms with Gasteiger partial charge in [0.15, 0.2) is 5.78 Å². The van der Waals surface area contributed by atoms with E-state index in [0.29, 0.717) is 11.3 Å². The molecule has 2 aliphatic carbocycles. The van der Waals surface area contributed by atoms with Gasteiger partial charge in [-0.3, -0.25) is 19.4 Å². The van der Waals surface area contributed by atoms with Crippen LogP contribution in [0.25, 0.3) is 0 Å². The molecule has 1 spiro atoms. The summed E-state index contributed by atoms with van der Waals surface area (Å²) < 4.78 is 6.31. The lowest BCUT2D eigenvalue weighted by atomic mass is 9.89. The number of amides is 3. The molecule has 0 bridgehead atoms. The van der Waals surface area contributed by atoms with E-state index in [-0.39, 0.29) is 36.2 Å². The van der Waals surface area contributed by atoms with Gasteiger partial charge in [0.25, 0.3) is 11.6 Å². The second kappa shape index (κ2) is 7.15. The van der Waals surface area contributed by atoms with Crippen LogP contribution >= 0.6 is 0 Å². The molecule has 1 aromatic carbocycles. The number of rotatable bonds is 2. The maximum atomic E-state index is 13.8. The Morgan fingerprint density at radius 3 is 2.14 bits per heavy atom. The van der Waals surface area contributed by atoms with Gasteiger partial charge in [-0.25, -0.2) is 4.79 Å². The van der Waals surface area contributed by atoms with Gasteiger partial charge in [0.2, 0.25) is 0 Å². The predicted octanol–water partition coefficient (Wildman–Crippen LogP) is 4.28.